The lowest BCUT2D eigenvalue weighted by molar-refractivity contribution is 0.0355. The minimum atomic E-state index is 0.476. The lowest BCUT2D eigenvalue weighted by Crippen LogP contribution is -2.56. The predicted octanol–water partition coefficient (Wildman–Crippen LogP) is -1.19. The molecule has 2 rings (SSSR count). The van der Waals surface area contributed by atoms with Crippen LogP contribution in [0.4, 0.5) is 0 Å². The number of hydrogen-bond donors (Lipinski definition) is 2. The maximum absolute atomic E-state index is 5.65. The van der Waals surface area contributed by atoms with Crippen LogP contribution in [-0.4, -0.2) is 49.0 Å². The number of hydrogen-bond acceptors (Lipinski definition) is 3. The highest BCUT2D eigenvalue weighted by Gasteiger charge is 2.46. The van der Waals surface area contributed by atoms with E-state index in [4.69, 9.17) is 11.6 Å². The van der Waals surface area contributed by atoms with E-state index < -0.39 is 0 Å². The van der Waals surface area contributed by atoms with Crippen LogP contribution < -0.4 is 11.6 Å². The third kappa shape index (κ3) is 1.33. The zero-order valence-electron chi connectivity index (χ0n) is 8.03. The highest BCUT2D eigenvalue weighted by molar-refractivity contribution is 5.78. The van der Waals surface area contributed by atoms with Gasteiger partial charge >= 0.3 is 0 Å². The highest BCUT2D eigenvalue weighted by atomic mass is 15.3. The van der Waals surface area contributed by atoms with Crippen LogP contribution in [0.5, 0.6) is 0 Å². The van der Waals surface area contributed by atoms with Gasteiger partial charge in [-0.25, -0.2) is 0 Å². The molecule has 5 nitrogen and oxygen atoms in total. The number of guanidine groups is 1. The van der Waals surface area contributed by atoms with Crippen molar-refractivity contribution in [1.29, 1.82) is 0 Å². The molecule has 0 amide bonds. The minimum absolute atomic E-state index is 0.476. The normalized spacial score (nSPS) is 28.1. The van der Waals surface area contributed by atoms with Crippen LogP contribution in [0.15, 0.2) is 5.10 Å². The molecule has 0 aromatic heterocycles. The first-order chi connectivity index (χ1) is 6.15. The molecule has 74 valence electrons. The fraction of sp³-hybridized carbons (Fsp3) is 0.875. The van der Waals surface area contributed by atoms with E-state index in [0.29, 0.717) is 11.4 Å². The monoisotopic (exact) mass is 183 g/mol. The largest absolute Gasteiger partial charge is 0.368 e. The van der Waals surface area contributed by atoms with Crippen molar-refractivity contribution in [3.63, 3.8) is 0 Å². The van der Waals surface area contributed by atoms with Crippen molar-refractivity contribution in [2.24, 2.45) is 22.1 Å². The van der Waals surface area contributed by atoms with Gasteiger partial charge in [-0.2, -0.15) is 0 Å². The Labute approximate surface area is 78.3 Å². The van der Waals surface area contributed by atoms with E-state index in [0.717, 1.165) is 13.1 Å². The van der Waals surface area contributed by atoms with Crippen LogP contribution in [0.1, 0.15) is 6.42 Å². The Balaban J connectivity index is 1.95. The summed E-state index contributed by atoms with van der Waals surface area (Å²) in [4.78, 5) is 4.41. The van der Waals surface area contributed by atoms with Crippen molar-refractivity contribution in [3.8, 4) is 0 Å². The number of likely N-dealkylation sites (tertiary alicyclic amines) is 2. The maximum atomic E-state index is 5.65. The van der Waals surface area contributed by atoms with Gasteiger partial charge in [0.05, 0.1) is 0 Å². The van der Waals surface area contributed by atoms with Gasteiger partial charge in [0, 0.05) is 31.6 Å². The average Bonchev–Trinajstić information content (AvgIpc) is 2.47. The van der Waals surface area contributed by atoms with E-state index in [1.54, 1.807) is 0 Å². The molecule has 2 aliphatic rings. The molecule has 0 unspecified atom stereocenters. The van der Waals surface area contributed by atoms with Crippen LogP contribution in [0, 0.1) is 5.41 Å². The second kappa shape index (κ2) is 2.77. The smallest absolute Gasteiger partial charge is 0.213 e. The molecule has 5 heteroatoms. The standard InChI is InChI=1S/C8H17N5/c1-12-4-8(5-12)2-3-13(6-8)7(9)11-10/h2-6,10H2,1H3,(H2,9,11). The summed E-state index contributed by atoms with van der Waals surface area (Å²) in [5, 5.41) is 3.52. The van der Waals surface area contributed by atoms with Crippen molar-refractivity contribution in [2.45, 2.75) is 6.42 Å². The first-order valence-corrected chi connectivity index (χ1v) is 4.62. The summed E-state index contributed by atoms with van der Waals surface area (Å²) in [5.41, 5.74) is 6.13. The Hall–Kier alpha value is -0.970. The molecule has 0 aliphatic carbocycles. The predicted molar refractivity (Wildman–Crippen MR) is 51.9 cm³/mol. The van der Waals surface area contributed by atoms with E-state index in [1.807, 2.05) is 0 Å². The second-order valence-electron chi connectivity index (χ2n) is 4.33. The van der Waals surface area contributed by atoms with Crippen LogP contribution in [-0.2, 0) is 0 Å². The molecule has 2 heterocycles. The van der Waals surface area contributed by atoms with E-state index in [-0.39, 0.29) is 0 Å². The van der Waals surface area contributed by atoms with E-state index in [1.165, 1.54) is 19.5 Å². The first-order valence-electron chi connectivity index (χ1n) is 4.62. The van der Waals surface area contributed by atoms with E-state index in [9.17, 15) is 0 Å². The summed E-state index contributed by atoms with van der Waals surface area (Å²) in [7, 11) is 2.15. The molecule has 0 saturated carbocycles. The van der Waals surface area contributed by atoms with Gasteiger partial charge in [0.25, 0.3) is 0 Å². The Morgan fingerprint density at radius 2 is 2.08 bits per heavy atom. The Morgan fingerprint density at radius 3 is 2.62 bits per heavy atom. The Morgan fingerprint density at radius 1 is 1.38 bits per heavy atom. The highest BCUT2D eigenvalue weighted by Crippen LogP contribution is 2.38. The lowest BCUT2D eigenvalue weighted by atomic mass is 9.79. The summed E-state index contributed by atoms with van der Waals surface area (Å²) in [5.74, 6) is 5.62. The molecule has 0 bridgehead atoms. The van der Waals surface area contributed by atoms with Crippen LogP contribution >= 0.6 is 0 Å². The zero-order valence-corrected chi connectivity index (χ0v) is 8.03. The SMILES string of the molecule is CN1CC2(CCN(/C(N)=N/N)C2)C1. The number of hydrazone groups is 1. The van der Waals surface area contributed by atoms with Gasteiger partial charge in [-0.1, -0.05) is 0 Å². The second-order valence-corrected chi connectivity index (χ2v) is 4.33. The molecular formula is C8H17N5. The Bertz CT molecular complexity index is 231. The van der Waals surface area contributed by atoms with Crippen LogP contribution in [0.25, 0.3) is 0 Å². The zero-order chi connectivity index (χ0) is 9.47. The number of rotatable bonds is 0. The van der Waals surface area contributed by atoms with Crippen molar-refractivity contribution in [1.82, 2.24) is 9.80 Å². The third-order valence-corrected chi connectivity index (χ3v) is 3.11. The van der Waals surface area contributed by atoms with Gasteiger partial charge in [0.2, 0.25) is 5.96 Å². The fourth-order valence-electron chi connectivity index (χ4n) is 2.57. The van der Waals surface area contributed by atoms with Gasteiger partial charge in [-0.05, 0) is 13.5 Å². The quantitative estimate of drug-likeness (QED) is 0.214. The maximum Gasteiger partial charge on any atom is 0.213 e. The van der Waals surface area contributed by atoms with Crippen molar-refractivity contribution in [3.05, 3.63) is 0 Å². The van der Waals surface area contributed by atoms with Gasteiger partial charge in [0.15, 0.2) is 0 Å². The summed E-state index contributed by atoms with van der Waals surface area (Å²) in [6.07, 6.45) is 1.22. The number of nitrogens with zero attached hydrogens (tertiary/aromatic N) is 3. The summed E-state index contributed by atoms with van der Waals surface area (Å²) in [6, 6.07) is 0. The molecule has 4 N–H and O–H groups in total. The third-order valence-electron chi connectivity index (χ3n) is 3.11. The molecule has 1 spiro atoms. The summed E-state index contributed by atoms with van der Waals surface area (Å²) >= 11 is 0. The first kappa shape index (κ1) is 8.62. The van der Waals surface area contributed by atoms with Crippen molar-refractivity contribution >= 4 is 5.96 Å². The molecule has 0 aromatic rings. The molecule has 0 radical (unpaired) electrons. The number of nitrogens with two attached hydrogens (primary N) is 2. The van der Waals surface area contributed by atoms with Crippen molar-refractivity contribution < 1.29 is 0 Å². The molecule has 2 aliphatic heterocycles. The molecular weight excluding hydrogens is 166 g/mol. The topological polar surface area (TPSA) is 70.9 Å². The average molecular weight is 183 g/mol. The molecule has 2 fully saturated rings. The van der Waals surface area contributed by atoms with E-state index in [2.05, 4.69) is 21.9 Å². The molecule has 0 aromatic carbocycles. The van der Waals surface area contributed by atoms with Crippen molar-refractivity contribution in [2.75, 3.05) is 33.2 Å². The molecule has 0 atom stereocenters. The fourth-order valence-corrected chi connectivity index (χ4v) is 2.57. The van der Waals surface area contributed by atoms with Gasteiger partial charge in [0.1, 0.15) is 0 Å². The van der Waals surface area contributed by atoms with Gasteiger partial charge in [-0.3, -0.25) is 0 Å². The summed E-state index contributed by atoms with van der Waals surface area (Å²) < 4.78 is 0. The minimum Gasteiger partial charge on any atom is -0.368 e. The lowest BCUT2D eigenvalue weighted by Gasteiger charge is -2.46. The molecule has 2 saturated heterocycles. The van der Waals surface area contributed by atoms with E-state index >= 15 is 0 Å². The summed E-state index contributed by atoms with van der Waals surface area (Å²) in [6.45, 7) is 4.38. The molecule has 13 heavy (non-hydrogen) atoms. The van der Waals surface area contributed by atoms with Crippen LogP contribution in [0.2, 0.25) is 0 Å². The van der Waals surface area contributed by atoms with Crippen LogP contribution in [0.3, 0.4) is 0 Å². The Kier molecular flexibility index (Phi) is 1.83. The van der Waals surface area contributed by atoms with Gasteiger partial charge < -0.3 is 21.4 Å². The van der Waals surface area contributed by atoms with Gasteiger partial charge in [-0.15, -0.1) is 5.10 Å².